The van der Waals surface area contributed by atoms with Crippen molar-refractivity contribution in [2.24, 2.45) is 0 Å². The summed E-state index contributed by atoms with van der Waals surface area (Å²) in [6, 6.07) is 17.1. The summed E-state index contributed by atoms with van der Waals surface area (Å²) in [6.45, 7) is 7.66. The van der Waals surface area contributed by atoms with E-state index in [0.717, 1.165) is 36.2 Å². The number of aromatic nitrogens is 2. The van der Waals surface area contributed by atoms with Crippen LogP contribution in [-0.2, 0) is 22.7 Å². The molecule has 1 aromatic heterocycles. The van der Waals surface area contributed by atoms with Crippen molar-refractivity contribution in [3.63, 3.8) is 0 Å². The molecule has 0 fully saturated rings. The fourth-order valence-electron chi connectivity index (χ4n) is 3.27. The number of para-hydroxylation sites is 2. The van der Waals surface area contributed by atoms with Gasteiger partial charge in [-0.05, 0) is 30.8 Å². The summed E-state index contributed by atoms with van der Waals surface area (Å²) in [5, 5.41) is 5.29. The Hall–Kier alpha value is -3.39. The van der Waals surface area contributed by atoms with E-state index in [4.69, 9.17) is 4.74 Å². The van der Waals surface area contributed by atoms with E-state index in [2.05, 4.69) is 34.4 Å². The van der Waals surface area contributed by atoms with E-state index in [0.29, 0.717) is 12.5 Å². The van der Waals surface area contributed by atoms with Crippen LogP contribution >= 0.6 is 0 Å². The molecule has 0 aliphatic heterocycles. The Balaban J connectivity index is 1.58. The predicted octanol–water partition coefficient (Wildman–Crippen LogP) is 3.24. The molecule has 0 saturated carbocycles. The maximum atomic E-state index is 12.4. The lowest BCUT2D eigenvalue weighted by Crippen LogP contribution is -2.34. The number of carbonyl (C=O) groups excluding carboxylic acids is 2. The number of carbonyl (C=O) groups is 2. The van der Waals surface area contributed by atoms with E-state index < -0.39 is 6.09 Å². The van der Waals surface area contributed by atoms with Gasteiger partial charge in [-0.25, -0.2) is 9.78 Å². The molecule has 2 N–H and O–H groups in total. The number of amides is 2. The molecular weight excluding hydrogens is 394 g/mol. The van der Waals surface area contributed by atoms with Crippen LogP contribution in [-0.4, -0.2) is 52.6 Å². The van der Waals surface area contributed by atoms with E-state index in [1.165, 1.54) is 0 Å². The molecule has 3 aromatic rings. The molecule has 0 aliphatic rings. The monoisotopic (exact) mass is 423 g/mol. The summed E-state index contributed by atoms with van der Waals surface area (Å²) in [7, 11) is 0. The van der Waals surface area contributed by atoms with Crippen LogP contribution in [0.5, 0.6) is 0 Å². The zero-order valence-corrected chi connectivity index (χ0v) is 18.0. The number of hydrogen-bond acceptors (Lipinski definition) is 5. The Morgan fingerprint density at radius 1 is 1.03 bits per heavy atom. The highest BCUT2D eigenvalue weighted by molar-refractivity contribution is 5.94. The average molecular weight is 424 g/mol. The highest BCUT2D eigenvalue weighted by atomic mass is 16.5. The summed E-state index contributed by atoms with van der Waals surface area (Å²) >= 11 is 0. The number of likely N-dealkylation sites (N-methyl/N-ethyl adjacent to an activating group) is 1. The molecule has 3 rings (SSSR count). The highest BCUT2D eigenvalue weighted by Gasteiger charge is 2.15. The third-order valence-corrected chi connectivity index (χ3v) is 5.05. The maximum Gasteiger partial charge on any atom is 0.407 e. The lowest BCUT2D eigenvalue weighted by atomic mass is 10.2. The fraction of sp³-hybridized carbons (Fsp3) is 0.348. The van der Waals surface area contributed by atoms with Crippen LogP contribution in [0.25, 0.3) is 11.0 Å². The fourth-order valence-corrected chi connectivity index (χ4v) is 3.27. The van der Waals surface area contributed by atoms with Gasteiger partial charge in [0.15, 0.2) is 0 Å². The lowest BCUT2D eigenvalue weighted by Gasteiger charge is -2.19. The number of ether oxygens (including phenoxy) is 1. The standard InChI is InChI=1S/C23H29N5O3/c1-3-27(4-2)14-15-28-20-13-9-8-12-19(20)25-22(28)26-21(29)16-24-23(30)31-17-18-10-6-5-7-11-18/h5-13H,3-4,14-17H2,1-2H3,(H,24,30)(H,25,26,29). The van der Waals surface area contributed by atoms with Gasteiger partial charge < -0.3 is 19.5 Å². The topological polar surface area (TPSA) is 88.5 Å². The lowest BCUT2D eigenvalue weighted by molar-refractivity contribution is -0.115. The van der Waals surface area contributed by atoms with Gasteiger partial charge in [0.25, 0.3) is 0 Å². The Labute approximate surface area is 182 Å². The van der Waals surface area contributed by atoms with E-state index in [-0.39, 0.29) is 19.1 Å². The number of nitrogens with one attached hydrogen (secondary N) is 2. The molecule has 0 radical (unpaired) electrons. The van der Waals surface area contributed by atoms with E-state index >= 15 is 0 Å². The first-order chi connectivity index (χ1) is 15.1. The number of fused-ring (bicyclic) bond motifs is 1. The first kappa shape index (κ1) is 22.3. The second-order valence-electron chi connectivity index (χ2n) is 7.07. The third kappa shape index (κ3) is 6.29. The van der Waals surface area contributed by atoms with Crippen molar-refractivity contribution < 1.29 is 14.3 Å². The summed E-state index contributed by atoms with van der Waals surface area (Å²) < 4.78 is 7.13. The first-order valence-corrected chi connectivity index (χ1v) is 10.5. The Morgan fingerprint density at radius 2 is 1.74 bits per heavy atom. The van der Waals surface area contributed by atoms with Gasteiger partial charge >= 0.3 is 6.09 Å². The molecule has 2 aromatic carbocycles. The normalized spacial score (nSPS) is 10.9. The molecule has 8 heteroatoms. The van der Waals surface area contributed by atoms with Crippen molar-refractivity contribution in [3.05, 3.63) is 60.2 Å². The Bertz CT molecular complexity index is 999. The third-order valence-electron chi connectivity index (χ3n) is 5.05. The number of hydrogen-bond donors (Lipinski definition) is 2. The van der Waals surface area contributed by atoms with Gasteiger partial charge in [-0.15, -0.1) is 0 Å². The van der Waals surface area contributed by atoms with Gasteiger partial charge in [-0.1, -0.05) is 56.3 Å². The van der Waals surface area contributed by atoms with Crippen molar-refractivity contribution in [3.8, 4) is 0 Å². The summed E-state index contributed by atoms with van der Waals surface area (Å²) in [4.78, 5) is 31.2. The molecule has 0 aliphatic carbocycles. The smallest absolute Gasteiger partial charge is 0.407 e. The predicted molar refractivity (Wildman–Crippen MR) is 121 cm³/mol. The number of anilines is 1. The minimum Gasteiger partial charge on any atom is -0.445 e. The molecule has 1 heterocycles. The van der Waals surface area contributed by atoms with E-state index in [9.17, 15) is 9.59 Å². The Morgan fingerprint density at radius 3 is 2.48 bits per heavy atom. The minimum atomic E-state index is -0.644. The first-order valence-electron chi connectivity index (χ1n) is 10.5. The van der Waals surface area contributed by atoms with Crippen LogP contribution in [0.4, 0.5) is 10.7 Å². The molecule has 0 unspecified atom stereocenters. The van der Waals surface area contributed by atoms with Crippen LogP contribution < -0.4 is 10.6 Å². The zero-order valence-electron chi connectivity index (χ0n) is 18.0. The average Bonchev–Trinajstić information content (AvgIpc) is 3.14. The van der Waals surface area contributed by atoms with Gasteiger partial charge in [0, 0.05) is 13.1 Å². The van der Waals surface area contributed by atoms with Crippen LogP contribution in [0.3, 0.4) is 0 Å². The molecule has 0 saturated heterocycles. The van der Waals surface area contributed by atoms with Gasteiger partial charge in [-0.2, -0.15) is 0 Å². The van der Waals surface area contributed by atoms with Crippen LogP contribution in [0.2, 0.25) is 0 Å². The van der Waals surface area contributed by atoms with Crippen LogP contribution in [0.1, 0.15) is 19.4 Å². The number of nitrogens with zero attached hydrogens (tertiary/aromatic N) is 3. The zero-order chi connectivity index (χ0) is 22.1. The summed E-state index contributed by atoms with van der Waals surface area (Å²) in [5.41, 5.74) is 2.65. The molecule has 0 atom stereocenters. The van der Waals surface area contributed by atoms with E-state index in [1.807, 2.05) is 59.2 Å². The van der Waals surface area contributed by atoms with Gasteiger partial charge in [0.1, 0.15) is 13.2 Å². The second kappa shape index (κ2) is 11.1. The SMILES string of the molecule is CCN(CC)CCn1c(NC(=O)CNC(=O)OCc2ccccc2)nc2ccccc21. The molecule has 0 spiro atoms. The number of benzene rings is 2. The van der Waals surface area contributed by atoms with Crippen molar-refractivity contribution >= 4 is 29.0 Å². The van der Waals surface area contributed by atoms with Crippen molar-refractivity contribution in [2.75, 3.05) is 31.5 Å². The quantitative estimate of drug-likeness (QED) is 0.523. The largest absolute Gasteiger partial charge is 0.445 e. The van der Waals surface area contributed by atoms with Gasteiger partial charge in [0.05, 0.1) is 11.0 Å². The summed E-state index contributed by atoms with van der Waals surface area (Å²) in [6.07, 6.45) is -0.644. The van der Waals surface area contributed by atoms with Gasteiger partial charge in [-0.3, -0.25) is 10.1 Å². The molecule has 8 nitrogen and oxygen atoms in total. The highest BCUT2D eigenvalue weighted by Crippen LogP contribution is 2.19. The van der Waals surface area contributed by atoms with Crippen LogP contribution in [0, 0.1) is 0 Å². The Kier molecular flexibility index (Phi) is 8.00. The molecule has 164 valence electrons. The molecule has 31 heavy (non-hydrogen) atoms. The van der Waals surface area contributed by atoms with Gasteiger partial charge in [0.2, 0.25) is 11.9 Å². The summed E-state index contributed by atoms with van der Waals surface area (Å²) in [5.74, 6) is 0.105. The molecular formula is C23H29N5O3. The number of alkyl carbamates (subject to hydrolysis) is 1. The van der Waals surface area contributed by atoms with Crippen LogP contribution in [0.15, 0.2) is 54.6 Å². The van der Waals surface area contributed by atoms with Crippen molar-refractivity contribution in [1.82, 2.24) is 19.8 Å². The van der Waals surface area contributed by atoms with E-state index in [1.54, 1.807) is 0 Å². The number of imidazole rings is 1. The van der Waals surface area contributed by atoms with Crippen molar-refractivity contribution in [2.45, 2.75) is 27.0 Å². The van der Waals surface area contributed by atoms with Crippen molar-refractivity contribution in [1.29, 1.82) is 0 Å². The minimum absolute atomic E-state index is 0.148. The molecule has 2 amide bonds. The second-order valence-corrected chi connectivity index (χ2v) is 7.07. The number of rotatable bonds is 10. The molecule has 0 bridgehead atoms. The maximum absolute atomic E-state index is 12.4.